The SMILES string of the molecule is Cc1cc(C)cc(N(CCCC(=O)N(Cc2ccccc2C)[C@@H](C)C(=O)NC2CCCCC2)S(C)(=O)=O)c1. The van der Waals surface area contributed by atoms with Crippen LogP contribution >= 0.6 is 0 Å². The summed E-state index contributed by atoms with van der Waals surface area (Å²) in [7, 11) is -3.53. The zero-order chi connectivity index (χ0) is 27.9. The van der Waals surface area contributed by atoms with Gasteiger partial charge in [0.1, 0.15) is 6.04 Å². The van der Waals surface area contributed by atoms with Crippen molar-refractivity contribution in [1.82, 2.24) is 10.2 Å². The van der Waals surface area contributed by atoms with Gasteiger partial charge >= 0.3 is 0 Å². The summed E-state index contributed by atoms with van der Waals surface area (Å²) >= 11 is 0. The Bertz CT molecular complexity index is 1200. The Balaban J connectivity index is 1.74. The Morgan fingerprint density at radius 1 is 1.00 bits per heavy atom. The van der Waals surface area contributed by atoms with Crippen LogP contribution in [0, 0.1) is 20.8 Å². The number of benzene rings is 2. The molecule has 8 heteroatoms. The first-order valence-corrected chi connectivity index (χ1v) is 15.5. The fourth-order valence-corrected chi connectivity index (χ4v) is 6.17. The highest BCUT2D eigenvalue weighted by molar-refractivity contribution is 7.92. The quantitative estimate of drug-likeness (QED) is 0.433. The van der Waals surface area contributed by atoms with Crippen molar-refractivity contribution in [3.8, 4) is 0 Å². The van der Waals surface area contributed by atoms with Crippen LogP contribution in [0.1, 0.15) is 74.1 Å². The molecule has 1 aliphatic rings. The lowest BCUT2D eigenvalue weighted by Gasteiger charge is -2.32. The molecular weight excluding hydrogens is 498 g/mol. The minimum Gasteiger partial charge on any atom is -0.352 e. The molecule has 38 heavy (non-hydrogen) atoms. The topological polar surface area (TPSA) is 86.8 Å². The van der Waals surface area contributed by atoms with Crippen LogP contribution in [-0.4, -0.2) is 50.0 Å². The molecule has 0 saturated heterocycles. The van der Waals surface area contributed by atoms with Crippen LogP contribution in [0.25, 0.3) is 0 Å². The van der Waals surface area contributed by atoms with Crippen LogP contribution in [-0.2, 0) is 26.2 Å². The number of carbonyl (C=O) groups excluding carboxylic acids is 2. The van der Waals surface area contributed by atoms with E-state index in [9.17, 15) is 18.0 Å². The van der Waals surface area contributed by atoms with Crippen molar-refractivity contribution in [1.29, 1.82) is 0 Å². The molecule has 0 heterocycles. The van der Waals surface area contributed by atoms with Gasteiger partial charge in [-0.15, -0.1) is 0 Å². The van der Waals surface area contributed by atoms with Crippen LogP contribution in [0.15, 0.2) is 42.5 Å². The maximum Gasteiger partial charge on any atom is 0.242 e. The summed E-state index contributed by atoms with van der Waals surface area (Å²) in [6.07, 6.45) is 7.06. The third kappa shape index (κ3) is 8.32. The van der Waals surface area contributed by atoms with Gasteiger partial charge in [-0.3, -0.25) is 13.9 Å². The number of rotatable bonds is 11. The predicted molar refractivity (Wildman–Crippen MR) is 154 cm³/mol. The highest BCUT2D eigenvalue weighted by atomic mass is 32.2. The lowest BCUT2D eigenvalue weighted by Crippen LogP contribution is -2.50. The van der Waals surface area contributed by atoms with E-state index in [-0.39, 0.29) is 30.8 Å². The van der Waals surface area contributed by atoms with Crippen molar-refractivity contribution < 1.29 is 18.0 Å². The summed E-state index contributed by atoms with van der Waals surface area (Å²) in [6.45, 7) is 8.17. The number of hydrogen-bond donors (Lipinski definition) is 1. The van der Waals surface area contributed by atoms with Gasteiger partial charge < -0.3 is 10.2 Å². The minimum absolute atomic E-state index is 0.133. The van der Waals surface area contributed by atoms with Crippen LogP contribution in [0.4, 0.5) is 5.69 Å². The molecule has 0 radical (unpaired) electrons. The molecule has 1 atom stereocenters. The highest BCUT2D eigenvalue weighted by Gasteiger charge is 2.28. The maximum atomic E-state index is 13.6. The number of amides is 2. The Kier molecular flexibility index (Phi) is 10.4. The summed E-state index contributed by atoms with van der Waals surface area (Å²) in [5, 5.41) is 3.16. The van der Waals surface area contributed by atoms with E-state index in [2.05, 4.69) is 5.32 Å². The summed E-state index contributed by atoms with van der Waals surface area (Å²) in [6, 6.07) is 13.1. The van der Waals surface area contributed by atoms with Crippen LogP contribution < -0.4 is 9.62 Å². The molecule has 208 valence electrons. The summed E-state index contributed by atoms with van der Waals surface area (Å²) in [4.78, 5) is 28.4. The third-order valence-corrected chi connectivity index (χ3v) is 8.56. The average molecular weight is 542 g/mol. The smallest absolute Gasteiger partial charge is 0.242 e. The van der Waals surface area contributed by atoms with Crippen LogP contribution in [0.5, 0.6) is 0 Å². The van der Waals surface area contributed by atoms with Crippen LogP contribution in [0.2, 0.25) is 0 Å². The minimum atomic E-state index is -3.53. The summed E-state index contributed by atoms with van der Waals surface area (Å²) < 4.78 is 26.6. The highest BCUT2D eigenvalue weighted by Crippen LogP contribution is 2.23. The molecule has 2 aromatic carbocycles. The van der Waals surface area contributed by atoms with E-state index >= 15 is 0 Å². The van der Waals surface area contributed by atoms with E-state index in [1.165, 1.54) is 17.0 Å². The van der Waals surface area contributed by atoms with Gasteiger partial charge in [0.2, 0.25) is 21.8 Å². The number of nitrogens with zero attached hydrogens (tertiary/aromatic N) is 2. The van der Waals surface area contributed by atoms with E-state index in [1.54, 1.807) is 11.8 Å². The van der Waals surface area contributed by atoms with Gasteiger partial charge in [0.25, 0.3) is 0 Å². The molecule has 0 unspecified atom stereocenters. The Labute approximate surface area is 228 Å². The van der Waals surface area contributed by atoms with Crippen molar-refractivity contribution in [3.63, 3.8) is 0 Å². The number of sulfonamides is 1. The number of hydrogen-bond acceptors (Lipinski definition) is 4. The van der Waals surface area contributed by atoms with Crippen molar-refractivity contribution in [3.05, 3.63) is 64.7 Å². The molecule has 0 aromatic heterocycles. The zero-order valence-corrected chi connectivity index (χ0v) is 24.3. The standard InChI is InChI=1S/C30H43N3O4S/c1-22-18-23(2)20-28(19-22)33(38(5,36)37)17-11-16-29(34)32(21-26-13-10-9-12-24(26)3)25(4)30(35)31-27-14-7-6-8-15-27/h9-10,12-13,18-20,25,27H,6-8,11,14-17,21H2,1-5H3,(H,31,35)/t25-/m0/s1. The second-order valence-electron chi connectivity index (χ2n) is 10.8. The van der Waals surface area contributed by atoms with Crippen molar-refractivity contribution in [2.24, 2.45) is 0 Å². The van der Waals surface area contributed by atoms with E-state index < -0.39 is 16.1 Å². The lowest BCUT2D eigenvalue weighted by molar-refractivity contribution is -0.141. The first kappa shape index (κ1) is 29.7. The molecule has 2 aromatic rings. The molecule has 1 N–H and O–H groups in total. The number of nitrogens with one attached hydrogen (secondary N) is 1. The normalized spacial score (nSPS) is 15.1. The van der Waals surface area contributed by atoms with Gasteiger partial charge in [-0.25, -0.2) is 8.42 Å². The largest absolute Gasteiger partial charge is 0.352 e. The Hall–Kier alpha value is -2.87. The molecule has 1 fully saturated rings. The first-order valence-electron chi connectivity index (χ1n) is 13.7. The number of carbonyl (C=O) groups is 2. The van der Waals surface area contributed by atoms with Gasteiger partial charge in [-0.2, -0.15) is 0 Å². The molecule has 1 saturated carbocycles. The fraction of sp³-hybridized carbons (Fsp3) is 0.533. The Morgan fingerprint density at radius 3 is 2.24 bits per heavy atom. The number of aryl methyl sites for hydroxylation is 3. The van der Waals surface area contributed by atoms with E-state index in [0.717, 1.165) is 47.9 Å². The van der Waals surface area contributed by atoms with Crippen molar-refractivity contribution in [2.45, 2.75) is 91.3 Å². The van der Waals surface area contributed by atoms with E-state index in [0.29, 0.717) is 18.7 Å². The zero-order valence-electron chi connectivity index (χ0n) is 23.5. The van der Waals surface area contributed by atoms with Gasteiger partial charge in [0.15, 0.2) is 0 Å². The lowest BCUT2D eigenvalue weighted by atomic mass is 9.95. The Morgan fingerprint density at radius 2 is 1.63 bits per heavy atom. The maximum absolute atomic E-state index is 13.6. The molecule has 2 amide bonds. The molecule has 7 nitrogen and oxygen atoms in total. The predicted octanol–water partition coefficient (Wildman–Crippen LogP) is 5.02. The molecular formula is C30H43N3O4S. The van der Waals surface area contributed by atoms with Gasteiger partial charge in [0.05, 0.1) is 11.9 Å². The second-order valence-corrected chi connectivity index (χ2v) is 12.7. The van der Waals surface area contributed by atoms with E-state index in [4.69, 9.17) is 0 Å². The van der Waals surface area contributed by atoms with Gasteiger partial charge in [-0.1, -0.05) is 49.6 Å². The monoisotopic (exact) mass is 541 g/mol. The van der Waals surface area contributed by atoms with Crippen LogP contribution in [0.3, 0.4) is 0 Å². The molecule has 0 bridgehead atoms. The molecule has 1 aliphatic carbocycles. The van der Waals surface area contributed by atoms with Gasteiger partial charge in [0, 0.05) is 25.6 Å². The summed E-state index contributed by atoms with van der Waals surface area (Å²) in [5.74, 6) is -0.291. The van der Waals surface area contributed by atoms with Crippen molar-refractivity contribution >= 4 is 27.5 Å². The average Bonchev–Trinajstić information content (AvgIpc) is 2.84. The molecule has 0 spiro atoms. The molecule has 0 aliphatic heterocycles. The fourth-order valence-electron chi connectivity index (χ4n) is 5.22. The molecule has 3 rings (SSSR count). The first-order chi connectivity index (χ1) is 18.0. The van der Waals surface area contributed by atoms with Crippen molar-refractivity contribution in [2.75, 3.05) is 17.1 Å². The summed E-state index contributed by atoms with van der Waals surface area (Å²) in [5.41, 5.74) is 4.61. The second kappa shape index (κ2) is 13.3. The third-order valence-electron chi connectivity index (χ3n) is 7.37. The van der Waals surface area contributed by atoms with Gasteiger partial charge in [-0.05, 0) is 81.3 Å². The number of anilines is 1. The van der Waals surface area contributed by atoms with E-state index in [1.807, 2.05) is 63.2 Å².